The first kappa shape index (κ1) is 15.1. The Kier molecular flexibility index (Phi) is 5.23. The van der Waals surface area contributed by atoms with E-state index in [1.807, 2.05) is 0 Å². The minimum Gasteiger partial charge on any atom is -0.271 e. The molecule has 0 aliphatic heterocycles. The molecule has 4 nitrogen and oxygen atoms in total. The summed E-state index contributed by atoms with van der Waals surface area (Å²) >= 11 is 1.43. The average Bonchev–Trinajstić information content (AvgIpc) is 2.93. The van der Waals surface area contributed by atoms with E-state index >= 15 is 0 Å². The summed E-state index contributed by atoms with van der Waals surface area (Å²) in [6.45, 7) is 6.50. The fourth-order valence-corrected chi connectivity index (χ4v) is 3.02. The van der Waals surface area contributed by atoms with Crippen molar-refractivity contribution in [2.75, 3.05) is 0 Å². The van der Waals surface area contributed by atoms with E-state index in [2.05, 4.69) is 60.0 Å². The van der Waals surface area contributed by atoms with E-state index in [9.17, 15) is 0 Å². The fourth-order valence-electron chi connectivity index (χ4n) is 2.23. The van der Waals surface area contributed by atoms with Crippen LogP contribution in [0.25, 0.3) is 0 Å². The number of rotatable bonds is 6. The highest BCUT2D eigenvalue weighted by atomic mass is 32.1. The zero-order valence-electron chi connectivity index (χ0n) is 12.3. The first-order chi connectivity index (χ1) is 9.65. The minimum atomic E-state index is 0.0786. The summed E-state index contributed by atoms with van der Waals surface area (Å²) < 4.78 is 4.04. The van der Waals surface area contributed by atoms with Crippen LogP contribution < -0.4 is 11.3 Å². The number of aromatic nitrogens is 2. The van der Waals surface area contributed by atoms with Gasteiger partial charge in [-0.15, -0.1) is 5.10 Å². The van der Waals surface area contributed by atoms with Gasteiger partial charge < -0.3 is 0 Å². The van der Waals surface area contributed by atoms with Gasteiger partial charge in [0, 0.05) is 0 Å². The van der Waals surface area contributed by atoms with Crippen LogP contribution in [0.15, 0.2) is 24.3 Å². The van der Waals surface area contributed by atoms with Gasteiger partial charge in [-0.3, -0.25) is 11.3 Å². The van der Waals surface area contributed by atoms with Crippen LogP contribution >= 0.6 is 11.5 Å². The van der Waals surface area contributed by atoms with Crippen LogP contribution in [-0.2, 0) is 12.8 Å². The van der Waals surface area contributed by atoms with Gasteiger partial charge in [0.15, 0.2) is 0 Å². The van der Waals surface area contributed by atoms with Crippen molar-refractivity contribution in [3.05, 3.63) is 46.0 Å². The van der Waals surface area contributed by atoms with Crippen LogP contribution in [0.4, 0.5) is 0 Å². The van der Waals surface area contributed by atoms with Gasteiger partial charge in [0.1, 0.15) is 0 Å². The van der Waals surface area contributed by atoms with Crippen molar-refractivity contribution >= 4 is 11.5 Å². The molecule has 1 heterocycles. The zero-order valence-corrected chi connectivity index (χ0v) is 13.1. The SMILES string of the molecule is CCc1nnsc1C(Cc1ccc(C(C)C)cc1)NN. The normalized spacial score (nSPS) is 12.8. The third kappa shape index (κ3) is 3.42. The predicted octanol–water partition coefficient (Wildman–Crippen LogP) is 2.97. The average molecular weight is 290 g/mol. The van der Waals surface area contributed by atoms with Crippen LogP contribution in [0.3, 0.4) is 0 Å². The van der Waals surface area contributed by atoms with Crippen LogP contribution in [-0.4, -0.2) is 9.59 Å². The summed E-state index contributed by atoms with van der Waals surface area (Å²) in [6, 6.07) is 8.83. The second-order valence-electron chi connectivity index (χ2n) is 5.26. The minimum absolute atomic E-state index is 0.0786. The van der Waals surface area contributed by atoms with E-state index in [4.69, 9.17) is 5.84 Å². The fraction of sp³-hybridized carbons (Fsp3) is 0.467. The highest BCUT2D eigenvalue weighted by molar-refractivity contribution is 7.05. The molecule has 0 fully saturated rings. The van der Waals surface area contributed by atoms with E-state index in [1.54, 1.807) is 0 Å². The maximum absolute atomic E-state index is 5.71. The second kappa shape index (κ2) is 6.92. The number of benzene rings is 1. The third-order valence-electron chi connectivity index (χ3n) is 3.52. The molecule has 0 bridgehead atoms. The predicted molar refractivity (Wildman–Crippen MR) is 83.6 cm³/mol. The molecule has 5 heteroatoms. The van der Waals surface area contributed by atoms with Crippen molar-refractivity contribution in [1.82, 2.24) is 15.0 Å². The zero-order chi connectivity index (χ0) is 14.5. The molecule has 1 unspecified atom stereocenters. The Balaban J connectivity index is 2.14. The molecule has 108 valence electrons. The van der Waals surface area contributed by atoms with Crippen molar-refractivity contribution in [3.63, 3.8) is 0 Å². The molecule has 0 aliphatic carbocycles. The summed E-state index contributed by atoms with van der Waals surface area (Å²) in [6.07, 6.45) is 1.74. The lowest BCUT2D eigenvalue weighted by molar-refractivity contribution is 0.555. The van der Waals surface area contributed by atoms with Crippen molar-refractivity contribution in [3.8, 4) is 0 Å². The maximum Gasteiger partial charge on any atom is 0.0801 e. The number of aryl methyl sites for hydroxylation is 1. The monoisotopic (exact) mass is 290 g/mol. The molecule has 3 N–H and O–H groups in total. The van der Waals surface area contributed by atoms with Crippen molar-refractivity contribution in [2.24, 2.45) is 5.84 Å². The van der Waals surface area contributed by atoms with Crippen LogP contribution in [0, 0.1) is 0 Å². The Bertz CT molecular complexity index is 533. The molecule has 0 aliphatic rings. The molecule has 0 radical (unpaired) electrons. The maximum atomic E-state index is 5.71. The molecule has 1 atom stereocenters. The largest absolute Gasteiger partial charge is 0.271 e. The Morgan fingerprint density at radius 2 is 1.95 bits per heavy atom. The number of hydrogen-bond donors (Lipinski definition) is 2. The molecule has 2 aromatic rings. The van der Waals surface area contributed by atoms with Crippen LogP contribution in [0.1, 0.15) is 54.4 Å². The number of nitrogens with two attached hydrogens (primary N) is 1. The molecule has 0 amide bonds. The van der Waals surface area contributed by atoms with Gasteiger partial charge in [-0.05, 0) is 41.4 Å². The molecular weight excluding hydrogens is 268 g/mol. The number of hydrogen-bond acceptors (Lipinski definition) is 5. The second-order valence-corrected chi connectivity index (χ2v) is 6.04. The number of hydrazine groups is 1. The molecule has 1 aromatic carbocycles. The van der Waals surface area contributed by atoms with Gasteiger partial charge in [-0.1, -0.05) is 49.5 Å². The van der Waals surface area contributed by atoms with Gasteiger partial charge in [0.25, 0.3) is 0 Å². The van der Waals surface area contributed by atoms with Crippen LogP contribution in [0.5, 0.6) is 0 Å². The lowest BCUT2D eigenvalue weighted by Gasteiger charge is -2.15. The quantitative estimate of drug-likeness (QED) is 0.634. The smallest absolute Gasteiger partial charge is 0.0801 e. The Labute approximate surface area is 124 Å². The lowest BCUT2D eigenvalue weighted by atomic mass is 9.98. The summed E-state index contributed by atoms with van der Waals surface area (Å²) in [5.41, 5.74) is 6.57. The first-order valence-corrected chi connectivity index (χ1v) is 7.79. The van der Waals surface area contributed by atoms with Crippen molar-refractivity contribution in [1.29, 1.82) is 0 Å². The van der Waals surface area contributed by atoms with E-state index in [1.165, 1.54) is 22.7 Å². The van der Waals surface area contributed by atoms with Gasteiger partial charge in [-0.25, -0.2) is 0 Å². The number of nitrogens with one attached hydrogen (secondary N) is 1. The van der Waals surface area contributed by atoms with E-state index < -0.39 is 0 Å². The first-order valence-electron chi connectivity index (χ1n) is 7.01. The highest BCUT2D eigenvalue weighted by Gasteiger charge is 2.17. The molecule has 20 heavy (non-hydrogen) atoms. The lowest BCUT2D eigenvalue weighted by Crippen LogP contribution is -2.29. The highest BCUT2D eigenvalue weighted by Crippen LogP contribution is 2.24. The summed E-state index contributed by atoms with van der Waals surface area (Å²) in [4.78, 5) is 1.14. The molecule has 0 saturated carbocycles. The summed E-state index contributed by atoms with van der Waals surface area (Å²) in [5, 5.41) is 4.16. The molecule has 2 rings (SSSR count). The van der Waals surface area contributed by atoms with E-state index in [0.717, 1.165) is 23.4 Å². The van der Waals surface area contributed by atoms with Gasteiger partial charge >= 0.3 is 0 Å². The summed E-state index contributed by atoms with van der Waals surface area (Å²) in [5.74, 6) is 6.27. The Hall–Kier alpha value is -1.30. The van der Waals surface area contributed by atoms with Crippen LogP contribution in [0.2, 0.25) is 0 Å². The van der Waals surface area contributed by atoms with Crippen molar-refractivity contribution < 1.29 is 0 Å². The van der Waals surface area contributed by atoms with Gasteiger partial charge in [-0.2, -0.15) is 0 Å². The van der Waals surface area contributed by atoms with Gasteiger partial charge in [0.05, 0.1) is 16.6 Å². The van der Waals surface area contributed by atoms with E-state index in [-0.39, 0.29) is 6.04 Å². The molecule has 0 spiro atoms. The molecule has 1 aromatic heterocycles. The van der Waals surface area contributed by atoms with E-state index in [0.29, 0.717) is 5.92 Å². The topological polar surface area (TPSA) is 63.8 Å². The molecule has 0 saturated heterocycles. The molecular formula is C15H22N4S. The standard InChI is InChI=1S/C15H22N4S/c1-4-13-15(20-19-18-13)14(17-16)9-11-5-7-12(8-6-11)10(2)3/h5-8,10,14,17H,4,9,16H2,1-3H3. The van der Waals surface area contributed by atoms with Crippen molar-refractivity contribution in [2.45, 2.75) is 45.6 Å². The Morgan fingerprint density at radius 1 is 1.25 bits per heavy atom. The Morgan fingerprint density at radius 3 is 2.50 bits per heavy atom. The number of nitrogens with zero attached hydrogens (tertiary/aromatic N) is 2. The summed E-state index contributed by atoms with van der Waals surface area (Å²) in [7, 11) is 0. The van der Waals surface area contributed by atoms with Gasteiger partial charge in [0.2, 0.25) is 0 Å². The third-order valence-corrected chi connectivity index (χ3v) is 4.40.